The van der Waals surface area contributed by atoms with Crippen molar-refractivity contribution in [2.45, 2.75) is 33.1 Å². The van der Waals surface area contributed by atoms with Crippen LogP contribution in [0, 0.1) is 0 Å². The van der Waals surface area contributed by atoms with Crippen molar-refractivity contribution < 1.29 is 9.53 Å². The summed E-state index contributed by atoms with van der Waals surface area (Å²) < 4.78 is 5.78. The standard InChI is InChI=1S/C22H30N2O2/c1-4-21(18-10-8-7-9-11-18)22(25)23-19-12-14-20(15-13-19)26-17-16-24(5-2)6-3/h7-15,21H,4-6,16-17H2,1-3H3,(H,23,25). The van der Waals surface area contributed by atoms with Crippen LogP contribution in [0.25, 0.3) is 0 Å². The van der Waals surface area contributed by atoms with Crippen molar-refractivity contribution >= 4 is 11.6 Å². The highest BCUT2D eigenvalue weighted by Crippen LogP contribution is 2.22. The normalized spacial score (nSPS) is 12.0. The van der Waals surface area contributed by atoms with E-state index in [1.807, 2.05) is 61.5 Å². The van der Waals surface area contributed by atoms with Crippen LogP contribution in [0.5, 0.6) is 5.75 Å². The molecule has 4 heteroatoms. The van der Waals surface area contributed by atoms with Crippen LogP contribution in [0.2, 0.25) is 0 Å². The molecule has 0 saturated carbocycles. The number of hydrogen-bond donors (Lipinski definition) is 1. The van der Waals surface area contributed by atoms with Gasteiger partial charge in [-0.1, -0.05) is 51.1 Å². The number of anilines is 1. The van der Waals surface area contributed by atoms with Crippen LogP contribution in [0.15, 0.2) is 54.6 Å². The number of amides is 1. The molecule has 1 atom stereocenters. The topological polar surface area (TPSA) is 41.6 Å². The molecule has 1 N–H and O–H groups in total. The van der Waals surface area contributed by atoms with Crippen molar-refractivity contribution in [1.82, 2.24) is 4.90 Å². The molecule has 0 radical (unpaired) electrons. The van der Waals surface area contributed by atoms with E-state index in [9.17, 15) is 4.79 Å². The smallest absolute Gasteiger partial charge is 0.231 e. The maximum absolute atomic E-state index is 12.6. The van der Waals surface area contributed by atoms with Crippen molar-refractivity contribution in [3.63, 3.8) is 0 Å². The summed E-state index contributed by atoms with van der Waals surface area (Å²) in [5.74, 6) is 0.709. The van der Waals surface area contributed by atoms with Crippen LogP contribution in [-0.4, -0.2) is 37.0 Å². The molecular weight excluding hydrogens is 324 g/mol. The molecule has 1 unspecified atom stereocenters. The highest BCUT2D eigenvalue weighted by molar-refractivity contribution is 5.95. The lowest BCUT2D eigenvalue weighted by Gasteiger charge is -2.18. The number of rotatable bonds is 10. The van der Waals surface area contributed by atoms with E-state index in [1.165, 1.54) is 0 Å². The molecule has 0 saturated heterocycles. The van der Waals surface area contributed by atoms with E-state index in [-0.39, 0.29) is 11.8 Å². The number of nitrogens with zero attached hydrogens (tertiary/aromatic N) is 1. The van der Waals surface area contributed by atoms with Gasteiger partial charge in [0.2, 0.25) is 5.91 Å². The number of likely N-dealkylation sites (N-methyl/N-ethyl adjacent to an activating group) is 1. The van der Waals surface area contributed by atoms with E-state index in [2.05, 4.69) is 24.1 Å². The average molecular weight is 354 g/mol. The molecule has 1 amide bonds. The molecular formula is C22H30N2O2. The third-order valence-electron chi connectivity index (χ3n) is 4.62. The Morgan fingerprint density at radius 2 is 1.65 bits per heavy atom. The first-order valence-electron chi connectivity index (χ1n) is 9.48. The predicted octanol–water partition coefficient (Wildman–Crippen LogP) is 4.54. The van der Waals surface area contributed by atoms with Crippen molar-refractivity contribution in [1.29, 1.82) is 0 Å². The van der Waals surface area contributed by atoms with Crippen molar-refractivity contribution in [3.8, 4) is 5.75 Å². The molecule has 0 spiro atoms. The number of benzene rings is 2. The molecule has 0 heterocycles. The van der Waals surface area contributed by atoms with Gasteiger partial charge in [0.05, 0.1) is 5.92 Å². The number of hydrogen-bond acceptors (Lipinski definition) is 3. The lowest BCUT2D eigenvalue weighted by Crippen LogP contribution is -2.27. The first kappa shape index (κ1) is 20.0. The Hall–Kier alpha value is -2.33. The summed E-state index contributed by atoms with van der Waals surface area (Å²) in [7, 11) is 0. The summed E-state index contributed by atoms with van der Waals surface area (Å²) in [6, 6.07) is 17.5. The minimum absolute atomic E-state index is 0.0221. The quantitative estimate of drug-likeness (QED) is 0.681. The second kappa shape index (κ2) is 10.6. The van der Waals surface area contributed by atoms with Gasteiger partial charge in [-0.2, -0.15) is 0 Å². The minimum atomic E-state index is -0.138. The molecule has 0 bridgehead atoms. The van der Waals surface area contributed by atoms with Gasteiger partial charge in [0.25, 0.3) is 0 Å². The summed E-state index contributed by atoms with van der Waals surface area (Å²) in [4.78, 5) is 14.9. The van der Waals surface area contributed by atoms with E-state index < -0.39 is 0 Å². The maximum atomic E-state index is 12.6. The van der Waals surface area contributed by atoms with E-state index >= 15 is 0 Å². The van der Waals surface area contributed by atoms with Crippen LogP contribution in [0.1, 0.15) is 38.7 Å². The first-order chi connectivity index (χ1) is 12.7. The molecule has 2 aromatic rings. The average Bonchev–Trinajstić information content (AvgIpc) is 2.68. The second-order valence-corrected chi connectivity index (χ2v) is 6.26. The van der Waals surface area contributed by atoms with Gasteiger partial charge in [0, 0.05) is 12.2 Å². The van der Waals surface area contributed by atoms with Gasteiger partial charge >= 0.3 is 0 Å². The van der Waals surface area contributed by atoms with Crippen LogP contribution in [0.4, 0.5) is 5.69 Å². The Labute approximate surface area is 157 Å². The Morgan fingerprint density at radius 3 is 2.23 bits per heavy atom. The fraction of sp³-hybridized carbons (Fsp3) is 0.409. The lowest BCUT2D eigenvalue weighted by molar-refractivity contribution is -0.117. The van der Waals surface area contributed by atoms with E-state index in [4.69, 9.17) is 4.74 Å². The highest BCUT2D eigenvalue weighted by Gasteiger charge is 2.18. The van der Waals surface area contributed by atoms with Gasteiger partial charge in [-0.25, -0.2) is 0 Å². The summed E-state index contributed by atoms with van der Waals surface area (Å²) in [6.07, 6.45) is 0.766. The van der Waals surface area contributed by atoms with Gasteiger partial charge in [-0.15, -0.1) is 0 Å². The molecule has 0 aliphatic rings. The zero-order valence-electron chi connectivity index (χ0n) is 16.1. The van der Waals surface area contributed by atoms with E-state index in [0.717, 1.165) is 43.1 Å². The summed E-state index contributed by atoms with van der Waals surface area (Å²) >= 11 is 0. The van der Waals surface area contributed by atoms with Gasteiger partial charge in [0.15, 0.2) is 0 Å². The summed E-state index contributed by atoms with van der Waals surface area (Å²) in [5, 5.41) is 3.01. The van der Waals surface area contributed by atoms with Crippen molar-refractivity contribution in [2.24, 2.45) is 0 Å². The van der Waals surface area contributed by atoms with Gasteiger partial charge in [-0.05, 0) is 49.3 Å². The molecule has 2 rings (SSSR count). The number of ether oxygens (including phenoxy) is 1. The Morgan fingerprint density at radius 1 is 1.00 bits per heavy atom. The number of carbonyl (C=O) groups excluding carboxylic acids is 1. The zero-order chi connectivity index (χ0) is 18.8. The van der Waals surface area contributed by atoms with Crippen LogP contribution in [-0.2, 0) is 4.79 Å². The summed E-state index contributed by atoms with van der Waals surface area (Å²) in [5.41, 5.74) is 1.84. The summed E-state index contributed by atoms with van der Waals surface area (Å²) in [6.45, 7) is 9.99. The Balaban J connectivity index is 1.89. The molecule has 0 fully saturated rings. The van der Waals surface area contributed by atoms with Crippen LogP contribution >= 0.6 is 0 Å². The second-order valence-electron chi connectivity index (χ2n) is 6.26. The van der Waals surface area contributed by atoms with Gasteiger partial charge in [0.1, 0.15) is 12.4 Å². The van der Waals surface area contributed by atoms with Crippen molar-refractivity contribution in [2.75, 3.05) is 31.6 Å². The Bertz CT molecular complexity index is 652. The zero-order valence-corrected chi connectivity index (χ0v) is 16.1. The lowest BCUT2D eigenvalue weighted by atomic mass is 9.95. The predicted molar refractivity (Wildman–Crippen MR) is 108 cm³/mol. The number of nitrogens with one attached hydrogen (secondary N) is 1. The van der Waals surface area contributed by atoms with Gasteiger partial charge in [-0.3, -0.25) is 4.79 Å². The molecule has 140 valence electrons. The molecule has 0 aliphatic heterocycles. The molecule has 26 heavy (non-hydrogen) atoms. The highest BCUT2D eigenvalue weighted by atomic mass is 16.5. The first-order valence-corrected chi connectivity index (χ1v) is 9.48. The van der Waals surface area contributed by atoms with Crippen molar-refractivity contribution in [3.05, 3.63) is 60.2 Å². The van der Waals surface area contributed by atoms with E-state index in [1.54, 1.807) is 0 Å². The fourth-order valence-corrected chi connectivity index (χ4v) is 2.95. The van der Waals surface area contributed by atoms with Crippen LogP contribution in [0.3, 0.4) is 0 Å². The SMILES string of the molecule is CCC(C(=O)Nc1ccc(OCCN(CC)CC)cc1)c1ccccc1. The molecule has 0 aromatic heterocycles. The van der Waals surface area contributed by atoms with E-state index in [0.29, 0.717) is 6.61 Å². The fourth-order valence-electron chi connectivity index (χ4n) is 2.95. The largest absolute Gasteiger partial charge is 0.492 e. The third kappa shape index (κ3) is 5.88. The monoisotopic (exact) mass is 354 g/mol. The third-order valence-corrected chi connectivity index (χ3v) is 4.62. The van der Waals surface area contributed by atoms with Crippen LogP contribution < -0.4 is 10.1 Å². The maximum Gasteiger partial charge on any atom is 0.231 e. The Kier molecular flexibility index (Phi) is 8.16. The minimum Gasteiger partial charge on any atom is -0.492 e. The molecule has 2 aromatic carbocycles. The molecule has 0 aliphatic carbocycles. The van der Waals surface area contributed by atoms with Gasteiger partial charge < -0.3 is 15.0 Å². The molecule has 4 nitrogen and oxygen atoms in total. The number of carbonyl (C=O) groups is 1.